The largest absolute Gasteiger partial charge is 0.471 e. The molecule has 2 aromatic carbocycles. The average molecular weight is 353 g/mol. The summed E-state index contributed by atoms with van der Waals surface area (Å²) in [5.74, 6) is -1.28. The molecule has 0 aliphatic heterocycles. The number of amides is 1. The number of benzene rings is 2. The third kappa shape index (κ3) is 3.57. The number of carbonyl (C=O) groups excluding carboxylic acids is 1. The molecule has 0 saturated heterocycles. The van der Waals surface area contributed by atoms with Gasteiger partial charge in [-0.15, -0.1) is 0 Å². The van der Waals surface area contributed by atoms with E-state index in [1.807, 2.05) is 0 Å². The predicted octanol–water partition coefficient (Wildman–Crippen LogP) is 4.17. The number of anilines is 2. The molecule has 0 spiro atoms. The SMILES string of the molecule is Nc1nc2ccc(Oc3cccc(NC(=O)C(F)(F)F)c3)cc2s1. The molecule has 24 heavy (non-hydrogen) atoms. The zero-order chi connectivity index (χ0) is 17.3. The molecule has 1 heterocycles. The Hall–Kier alpha value is -2.81. The highest BCUT2D eigenvalue weighted by molar-refractivity contribution is 7.22. The number of thiazole rings is 1. The molecule has 0 bridgehead atoms. The Labute approximate surface area is 137 Å². The molecule has 3 N–H and O–H groups in total. The highest BCUT2D eigenvalue weighted by Gasteiger charge is 2.38. The Morgan fingerprint density at radius 2 is 1.92 bits per heavy atom. The van der Waals surface area contributed by atoms with E-state index in [-0.39, 0.29) is 11.4 Å². The highest BCUT2D eigenvalue weighted by atomic mass is 32.1. The van der Waals surface area contributed by atoms with Gasteiger partial charge < -0.3 is 15.8 Å². The molecule has 124 valence electrons. The summed E-state index contributed by atoms with van der Waals surface area (Å²) >= 11 is 1.30. The van der Waals surface area contributed by atoms with E-state index in [1.165, 1.54) is 29.5 Å². The molecule has 5 nitrogen and oxygen atoms in total. The first-order valence-electron chi connectivity index (χ1n) is 6.63. The lowest BCUT2D eigenvalue weighted by Crippen LogP contribution is -2.29. The van der Waals surface area contributed by atoms with E-state index in [4.69, 9.17) is 10.5 Å². The Bertz CT molecular complexity index is 908. The van der Waals surface area contributed by atoms with Gasteiger partial charge in [0.1, 0.15) is 11.5 Å². The monoisotopic (exact) mass is 353 g/mol. The van der Waals surface area contributed by atoms with E-state index in [1.54, 1.807) is 29.6 Å². The number of hydrogen-bond donors (Lipinski definition) is 2. The second-order valence-electron chi connectivity index (χ2n) is 4.76. The maximum Gasteiger partial charge on any atom is 0.471 e. The van der Waals surface area contributed by atoms with Crippen LogP contribution in [0.4, 0.5) is 24.0 Å². The van der Waals surface area contributed by atoms with Gasteiger partial charge in [-0.1, -0.05) is 17.4 Å². The van der Waals surface area contributed by atoms with E-state index in [9.17, 15) is 18.0 Å². The number of nitrogens with two attached hydrogens (primary N) is 1. The zero-order valence-electron chi connectivity index (χ0n) is 11.9. The van der Waals surface area contributed by atoms with Crippen molar-refractivity contribution >= 4 is 38.3 Å². The fourth-order valence-corrected chi connectivity index (χ4v) is 2.72. The summed E-state index contributed by atoms with van der Waals surface area (Å²) in [4.78, 5) is 15.1. The van der Waals surface area contributed by atoms with Crippen LogP contribution in [0, 0.1) is 0 Å². The van der Waals surface area contributed by atoms with Crippen LogP contribution in [0.5, 0.6) is 11.5 Å². The van der Waals surface area contributed by atoms with Gasteiger partial charge in [-0.3, -0.25) is 4.79 Å². The molecule has 0 fully saturated rings. The van der Waals surface area contributed by atoms with Crippen LogP contribution >= 0.6 is 11.3 Å². The van der Waals surface area contributed by atoms with Crippen molar-refractivity contribution in [3.8, 4) is 11.5 Å². The molecule has 0 radical (unpaired) electrons. The van der Waals surface area contributed by atoms with Gasteiger partial charge in [-0.05, 0) is 24.3 Å². The summed E-state index contributed by atoms with van der Waals surface area (Å²) in [6.07, 6.45) is -4.95. The van der Waals surface area contributed by atoms with Crippen molar-refractivity contribution in [3.63, 3.8) is 0 Å². The minimum Gasteiger partial charge on any atom is -0.457 e. The number of alkyl halides is 3. The standard InChI is InChI=1S/C15H10F3N3O2S/c16-15(17,18)13(22)20-8-2-1-3-9(6-8)23-10-4-5-11-12(7-10)24-14(19)21-11/h1-7H,(H2,19,21)(H,20,22). The van der Waals surface area contributed by atoms with Crippen molar-refractivity contribution in [1.82, 2.24) is 4.98 Å². The molecule has 3 rings (SSSR count). The van der Waals surface area contributed by atoms with Crippen molar-refractivity contribution in [3.05, 3.63) is 42.5 Å². The molecule has 0 atom stereocenters. The first-order valence-corrected chi connectivity index (χ1v) is 7.45. The molecule has 0 unspecified atom stereocenters. The highest BCUT2D eigenvalue weighted by Crippen LogP contribution is 2.31. The molecule has 0 aliphatic rings. The lowest BCUT2D eigenvalue weighted by Gasteiger charge is -2.10. The first kappa shape index (κ1) is 16.1. The molecule has 0 aliphatic carbocycles. The van der Waals surface area contributed by atoms with Gasteiger partial charge in [-0.2, -0.15) is 13.2 Å². The third-order valence-corrected chi connectivity index (χ3v) is 3.81. The van der Waals surface area contributed by atoms with Crippen LogP contribution in [0.1, 0.15) is 0 Å². The van der Waals surface area contributed by atoms with Crippen LogP contribution in [-0.4, -0.2) is 17.1 Å². The van der Waals surface area contributed by atoms with Crippen LogP contribution in [0.25, 0.3) is 10.2 Å². The van der Waals surface area contributed by atoms with Crippen molar-refractivity contribution in [2.75, 3.05) is 11.1 Å². The Morgan fingerprint density at radius 1 is 1.17 bits per heavy atom. The Balaban J connectivity index is 1.79. The number of nitrogens with one attached hydrogen (secondary N) is 1. The average Bonchev–Trinajstić information content (AvgIpc) is 2.86. The fourth-order valence-electron chi connectivity index (χ4n) is 1.96. The van der Waals surface area contributed by atoms with Crippen molar-refractivity contribution in [2.45, 2.75) is 6.18 Å². The number of fused-ring (bicyclic) bond motifs is 1. The van der Waals surface area contributed by atoms with E-state index in [0.29, 0.717) is 10.9 Å². The van der Waals surface area contributed by atoms with E-state index in [0.717, 1.165) is 10.2 Å². The van der Waals surface area contributed by atoms with Crippen molar-refractivity contribution in [2.24, 2.45) is 0 Å². The van der Waals surface area contributed by atoms with Gasteiger partial charge in [0.2, 0.25) is 0 Å². The number of rotatable bonds is 3. The molecule has 9 heteroatoms. The topological polar surface area (TPSA) is 77.2 Å². The smallest absolute Gasteiger partial charge is 0.457 e. The summed E-state index contributed by atoms with van der Waals surface area (Å²) in [5, 5.41) is 2.20. The Kier molecular flexibility index (Phi) is 4.02. The minimum atomic E-state index is -4.95. The van der Waals surface area contributed by atoms with E-state index < -0.39 is 12.1 Å². The summed E-state index contributed by atoms with van der Waals surface area (Å²) < 4.78 is 43.3. The van der Waals surface area contributed by atoms with Crippen LogP contribution in [-0.2, 0) is 4.79 Å². The van der Waals surface area contributed by atoms with Gasteiger partial charge in [0.25, 0.3) is 0 Å². The van der Waals surface area contributed by atoms with Crippen molar-refractivity contribution < 1.29 is 22.7 Å². The van der Waals surface area contributed by atoms with Crippen LogP contribution in [0.3, 0.4) is 0 Å². The number of halogens is 3. The predicted molar refractivity (Wildman–Crippen MR) is 85.2 cm³/mol. The van der Waals surface area contributed by atoms with E-state index in [2.05, 4.69) is 4.98 Å². The Morgan fingerprint density at radius 3 is 2.67 bits per heavy atom. The molecule has 1 amide bonds. The summed E-state index contributed by atoms with van der Waals surface area (Å²) in [5.41, 5.74) is 6.35. The number of ether oxygens (including phenoxy) is 1. The van der Waals surface area contributed by atoms with Crippen LogP contribution < -0.4 is 15.8 Å². The van der Waals surface area contributed by atoms with Gasteiger partial charge >= 0.3 is 12.1 Å². The quantitative estimate of drug-likeness (QED) is 0.741. The van der Waals surface area contributed by atoms with Crippen LogP contribution in [0.2, 0.25) is 0 Å². The summed E-state index contributed by atoms with van der Waals surface area (Å²) in [6, 6.07) is 10.8. The van der Waals surface area contributed by atoms with Gasteiger partial charge in [0.15, 0.2) is 5.13 Å². The number of nitrogens with zero attached hydrogens (tertiary/aromatic N) is 1. The summed E-state index contributed by atoms with van der Waals surface area (Å²) in [7, 11) is 0. The molecular weight excluding hydrogens is 343 g/mol. The molecular formula is C15H10F3N3O2S. The zero-order valence-corrected chi connectivity index (χ0v) is 12.7. The fraction of sp³-hybridized carbons (Fsp3) is 0.0667. The molecule has 3 aromatic rings. The first-order chi connectivity index (χ1) is 11.3. The normalized spacial score (nSPS) is 11.5. The van der Waals surface area contributed by atoms with Gasteiger partial charge in [-0.25, -0.2) is 4.98 Å². The molecule has 0 saturated carbocycles. The summed E-state index contributed by atoms with van der Waals surface area (Å²) in [6.45, 7) is 0. The second kappa shape index (κ2) is 6.00. The number of carbonyl (C=O) groups is 1. The van der Waals surface area contributed by atoms with E-state index >= 15 is 0 Å². The third-order valence-electron chi connectivity index (χ3n) is 2.96. The maximum absolute atomic E-state index is 12.3. The number of nitrogen functional groups attached to an aromatic ring is 1. The maximum atomic E-state index is 12.3. The van der Waals surface area contributed by atoms with Gasteiger partial charge in [0, 0.05) is 17.8 Å². The lowest BCUT2D eigenvalue weighted by atomic mass is 10.3. The lowest BCUT2D eigenvalue weighted by molar-refractivity contribution is -0.167. The number of hydrogen-bond acceptors (Lipinski definition) is 5. The second-order valence-corrected chi connectivity index (χ2v) is 5.83. The molecule has 1 aromatic heterocycles. The minimum absolute atomic E-state index is 0.0158. The number of aromatic nitrogens is 1. The van der Waals surface area contributed by atoms with Crippen LogP contribution in [0.15, 0.2) is 42.5 Å². The van der Waals surface area contributed by atoms with Gasteiger partial charge in [0.05, 0.1) is 10.2 Å². The van der Waals surface area contributed by atoms with Crippen molar-refractivity contribution in [1.29, 1.82) is 0 Å².